The summed E-state index contributed by atoms with van der Waals surface area (Å²) in [5.41, 5.74) is 5.00. The molecular weight excluding hydrogens is 546 g/mol. The van der Waals surface area contributed by atoms with Gasteiger partial charge in [-0.3, -0.25) is 9.78 Å². The molecule has 0 saturated carbocycles. The average Bonchev–Trinajstić information content (AvgIpc) is 3.52. The quantitative estimate of drug-likeness (QED) is 0.246. The number of amides is 1. The monoisotopic (exact) mass is 573 g/mol. The fourth-order valence-electron chi connectivity index (χ4n) is 4.85. The van der Waals surface area contributed by atoms with Crippen LogP contribution in [-0.2, 0) is 11.2 Å². The lowest BCUT2D eigenvalue weighted by Crippen LogP contribution is -2.33. The third-order valence-corrected chi connectivity index (χ3v) is 7.47. The lowest BCUT2D eigenvalue weighted by molar-refractivity contribution is -0.116. The van der Waals surface area contributed by atoms with Crippen molar-refractivity contribution in [3.05, 3.63) is 113 Å². The summed E-state index contributed by atoms with van der Waals surface area (Å²) < 4.78 is 3.18. The highest BCUT2D eigenvalue weighted by Crippen LogP contribution is 2.39. The van der Waals surface area contributed by atoms with Gasteiger partial charge >= 0.3 is 0 Å². The number of nitrogens with zero attached hydrogens (tertiary/aromatic N) is 3. The van der Waals surface area contributed by atoms with Crippen molar-refractivity contribution < 1.29 is 4.79 Å². The molecule has 2 atom stereocenters. The van der Waals surface area contributed by atoms with Gasteiger partial charge in [0, 0.05) is 46.9 Å². The van der Waals surface area contributed by atoms with E-state index >= 15 is 0 Å². The van der Waals surface area contributed by atoms with Crippen LogP contribution in [0, 0.1) is 0 Å². The molecule has 0 spiro atoms. The summed E-state index contributed by atoms with van der Waals surface area (Å²) in [5, 5.41) is 7.18. The van der Waals surface area contributed by atoms with Crippen LogP contribution in [-0.4, -0.2) is 32.0 Å². The molecule has 1 aliphatic heterocycles. The number of para-hydroxylation sites is 1. The third-order valence-electron chi connectivity index (χ3n) is 6.62. The summed E-state index contributed by atoms with van der Waals surface area (Å²) in [6.45, 7) is 2.56. The number of nitrogens with one attached hydrogen (secondary N) is 2. The van der Waals surface area contributed by atoms with E-state index in [1.54, 1.807) is 6.20 Å². The van der Waals surface area contributed by atoms with Gasteiger partial charge in [0.05, 0.1) is 17.8 Å². The van der Waals surface area contributed by atoms with Crippen LogP contribution in [0.15, 0.2) is 95.7 Å². The maximum atomic E-state index is 13.0. The van der Waals surface area contributed by atoms with Crippen LogP contribution < -0.4 is 10.6 Å². The Hall–Kier alpha value is -3.49. The van der Waals surface area contributed by atoms with Gasteiger partial charge in [-0.25, -0.2) is 0 Å². The van der Waals surface area contributed by atoms with Crippen molar-refractivity contribution in [2.24, 2.45) is 0 Å². The second-order valence-electron chi connectivity index (χ2n) is 8.91. The minimum absolute atomic E-state index is 0.0360. The number of aryl methyl sites for hydroxylation is 1. The average molecular weight is 575 g/mol. The minimum atomic E-state index is -0.154. The molecule has 5 rings (SSSR count). The van der Waals surface area contributed by atoms with E-state index in [-0.39, 0.29) is 18.0 Å². The number of hydrogen-bond donors (Lipinski definition) is 2. The van der Waals surface area contributed by atoms with Gasteiger partial charge in [0.1, 0.15) is 0 Å². The van der Waals surface area contributed by atoms with Crippen LogP contribution in [0.25, 0.3) is 5.69 Å². The van der Waals surface area contributed by atoms with Crippen molar-refractivity contribution in [3.8, 4) is 5.69 Å². The van der Waals surface area contributed by atoms with Crippen LogP contribution in [0.4, 0.5) is 5.69 Å². The molecule has 0 aliphatic carbocycles. The number of carbonyl (C=O) groups is 1. The summed E-state index contributed by atoms with van der Waals surface area (Å²) in [6.07, 6.45) is 5.02. The van der Waals surface area contributed by atoms with Crippen LogP contribution >= 0.6 is 28.1 Å². The Bertz CT molecular complexity index is 1410. The molecule has 1 saturated heterocycles. The SMILES string of the molecule is CCc1ccccc1NC(=O)CCN1C(=S)N[C@H](c2ccccn2)[C@@H]1c1cccn1-c1cccc(Br)c1. The van der Waals surface area contributed by atoms with E-state index in [1.807, 2.05) is 60.7 Å². The number of benzene rings is 2. The molecule has 8 heteroatoms. The van der Waals surface area contributed by atoms with Crippen molar-refractivity contribution in [2.45, 2.75) is 31.8 Å². The topological polar surface area (TPSA) is 62.2 Å². The second-order valence-corrected chi connectivity index (χ2v) is 10.2. The van der Waals surface area contributed by atoms with Crippen molar-refractivity contribution in [2.75, 3.05) is 11.9 Å². The minimum Gasteiger partial charge on any atom is -0.352 e. The molecule has 188 valence electrons. The van der Waals surface area contributed by atoms with Crippen LogP contribution in [0.1, 0.15) is 42.4 Å². The van der Waals surface area contributed by atoms with Crippen LogP contribution in [0.5, 0.6) is 0 Å². The summed E-state index contributed by atoms with van der Waals surface area (Å²) in [6, 6.07) is 25.9. The predicted molar refractivity (Wildman–Crippen MR) is 155 cm³/mol. The smallest absolute Gasteiger partial charge is 0.226 e. The zero-order valence-electron chi connectivity index (χ0n) is 20.5. The number of thiocarbonyl (C=S) groups is 1. The maximum absolute atomic E-state index is 13.0. The van der Waals surface area contributed by atoms with E-state index in [2.05, 4.69) is 72.3 Å². The summed E-state index contributed by atoms with van der Waals surface area (Å²) in [4.78, 5) is 19.7. The van der Waals surface area contributed by atoms with Gasteiger partial charge in [0.2, 0.25) is 5.91 Å². The Balaban J connectivity index is 1.44. The zero-order chi connectivity index (χ0) is 25.8. The van der Waals surface area contributed by atoms with E-state index in [9.17, 15) is 4.79 Å². The van der Waals surface area contributed by atoms with Crippen LogP contribution in [0.2, 0.25) is 0 Å². The molecular formula is C29H28BrN5OS. The molecule has 3 heterocycles. The Morgan fingerprint density at radius 2 is 1.92 bits per heavy atom. The third kappa shape index (κ3) is 5.45. The van der Waals surface area contributed by atoms with Crippen molar-refractivity contribution in [3.63, 3.8) is 0 Å². The molecule has 4 aromatic rings. The first-order valence-electron chi connectivity index (χ1n) is 12.3. The fourth-order valence-corrected chi connectivity index (χ4v) is 5.57. The standard InChI is InChI=1S/C29H28BrN5OS/c1-2-20-9-3-4-12-23(20)32-26(36)15-18-35-28(27(33-29(35)37)24-13-5-6-16-31-24)25-14-8-17-34(25)22-11-7-10-21(30)19-22/h3-14,16-17,19,27-28H,2,15,18H2,1H3,(H,32,36)(H,33,37)/t27-,28+/m1/s1. The summed E-state index contributed by atoms with van der Waals surface area (Å²) in [5.74, 6) is -0.0360. The highest BCUT2D eigenvalue weighted by molar-refractivity contribution is 9.10. The van der Waals surface area contributed by atoms with Crippen LogP contribution in [0.3, 0.4) is 0 Å². The zero-order valence-corrected chi connectivity index (χ0v) is 22.9. The van der Waals surface area contributed by atoms with Gasteiger partial charge in [-0.1, -0.05) is 53.2 Å². The van der Waals surface area contributed by atoms with Gasteiger partial charge < -0.3 is 20.1 Å². The van der Waals surface area contributed by atoms with Gasteiger partial charge in [-0.15, -0.1) is 0 Å². The molecule has 0 bridgehead atoms. The molecule has 0 radical (unpaired) electrons. The van der Waals surface area contributed by atoms with Gasteiger partial charge in [-0.2, -0.15) is 0 Å². The van der Waals surface area contributed by atoms with Gasteiger partial charge in [0.15, 0.2) is 5.11 Å². The fraction of sp³-hybridized carbons (Fsp3) is 0.207. The molecule has 2 aromatic heterocycles. The lowest BCUT2D eigenvalue weighted by atomic mass is 10.0. The van der Waals surface area contributed by atoms with Crippen molar-refractivity contribution >= 4 is 44.9 Å². The Morgan fingerprint density at radius 1 is 1.08 bits per heavy atom. The molecule has 37 heavy (non-hydrogen) atoms. The number of rotatable bonds is 8. The van der Waals surface area contributed by atoms with Crippen molar-refractivity contribution in [1.82, 2.24) is 19.8 Å². The first-order valence-corrected chi connectivity index (χ1v) is 13.5. The van der Waals surface area contributed by atoms with E-state index in [0.717, 1.165) is 39.2 Å². The summed E-state index contributed by atoms with van der Waals surface area (Å²) >= 11 is 9.40. The first kappa shape index (κ1) is 25.2. The van der Waals surface area contributed by atoms with E-state index < -0.39 is 0 Å². The molecule has 2 aromatic carbocycles. The maximum Gasteiger partial charge on any atom is 0.226 e. The molecule has 2 N–H and O–H groups in total. The van der Waals surface area contributed by atoms with E-state index in [1.165, 1.54) is 0 Å². The Morgan fingerprint density at radius 3 is 2.70 bits per heavy atom. The number of hydrogen-bond acceptors (Lipinski definition) is 3. The van der Waals surface area contributed by atoms with Crippen molar-refractivity contribution in [1.29, 1.82) is 0 Å². The number of pyridine rings is 1. The normalized spacial score (nSPS) is 17.0. The van der Waals surface area contributed by atoms with Gasteiger partial charge in [-0.05, 0) is 72.7 Å². The Kier molecular flexibility index (Phi) is 7.67. The Labute approximate surface area is 230 Å². The second kappa shape index (κ2) is 11.3. The number of aromatic nitrogens is 2. The van der Waals surface area contributed by atoms with E-state index in [0.29, 0.717) is 18.1 Å². The highest BCUT2D eigenvalue weighted by Gasteiger charge is 2.41. The highest BCUT2D eigenvalue weighted by atomic mass is 79.9. The summed E-state index contributed by atoms with van der Waals surface area (Å²) in [7, 11) is 0. The molecule has 1 aliphatic rings. The number of anilines is 1. The first-order chi connectivity index (χ1) is 18.0. The number of halogens is 1. The molecule has 1 amide bonds. The lowest BCUT2D eigenvalue weighted by Gasteiger charge is -2.29. The molecule has 0 unspecified atom stereocenters. The van der Waals surface area contributed by atoms with E-state index in [4.69, 9.17) is 12.2 Å². The molecule has 6 nitrogen and oxygen atoms in total. The largest absolute Gasteiger partial charge is 0.352 e. The van der Waals surface area contributed by atoms with Gasteiger partial charge in [0.25, 0.3) is 0 Å². The predicted octanol–water partition coefficient (Wildman–Crippen LogP) is 6.20. The number of carbonyl (C=O) groups excluding carboxylic acids is 1. The molecule has 1 fully saturated rings.